The van der Waals surface area contributed by atoms with E-state index in [2.05, 4.69) is 20.3 Å². The Bertz CT molecular complexity index is 1290. The van der Waals surface area contributed by atoms with Gasteiger partial charge in [-0.1, -0.05) is 11.8 Å². The number of nitrogens with zero attached hydrogens (tertiary/aromatic N) is 4. The van der Waals surface area contributed by atoms with Gasteiger partial charge < -0.3 is 11.1 Å². The van der Waals surface area contributed by atoms with E-state index >= 15 is 0 Å². The summed E-state index contributed by atoms with van der Waals surface area (Å²) in [7, 11) is 0. The first-order valence-corrected chi connectivity index (χ1v) is 10.3. The predicted molar refractivity (Wildman–Crippen MR) is 113 cm³/mol. The number of alkyl halides is 1. The van der Waals surface area contributed by atoms with E-state index < -0.39 is 23.8 Å². The minimum atomic E-state index is -1.55. The maximum atomic E-state index is 14.8. The number of pyridine rings is 2. The van der Waals surface area contributed by atoms with Crippen molar-refractivity contribution in [2.45, 2.75) is 17.2 Å². The highest BCUT2D eigenvalue weighted by atomic mass is 32.2. The van der Waals surface area contributed by atoms with Gasteiger partial charge in [0.2, 0.25) is 0 Å². The van der Waals surface area contributed by atoms with E-state index in [0.29, 0.717) is 28.7 Å². The molecule has 1 unspecified atom stereocenters. The number of benzene rings is 1. The average molecular weight is 440 g/mol. The predicted octanol–water partition coefficient (Wildman–Crippen LogP) is 4.14. The van der Waals surface area contributed by atoms with Gasteiger partial charge in [0.1, 0.15) is 23.8 Å². The molecule has 1 fully saturated rings. The van der Waals surface area contributed by atoms with Crippen LogP contribution in [0.1, 0.15) is 17.5 Å². The van der Waals surface area contributed by atoms with E-state index in [4.69, 9.17) is 11.0 Å². The molecule has 1 aliphatic carbocycles. The molecule has 2 aromatic heterocycles. The van der Waals surface area contributed by atoms with Crippen LogP contribution in [-0.4, -0.2) is 27.1 Å². The molecular weight excluding hydrogens is 425 g/mol. The van der Waals surface area contributed by atoms with Crippen LogP contribution >= 0.6 is 11.8 Å². The van der Waals surface area contributed by atoms with Crippen LogP contribution < -0.4 is 11.1 Å². The molecule has 1 saturated carbocycles. The Morgan fingerprint density at radius 2 is 2.13 bits per heavy atom. The highest BCUT2D eigenvalue weighted by Gasteiger charge is 2.58. The van der Waals surface area contributed by atoms with Gasteiger partial charge in [-0.15, -0.1) is 0 Å². The number of hydrogen-bond acceptors (Lipinski definition) is 7. The van der Waals surface area contributed by atoms with Crippen LogP contribution in [0.5, 0.6) is 0 Å². The summed E-state index contributed by atoms with van der Waals surface area (Å²) in [6.45, 7) is -0.986. The minimum Gasteiger partial charge on any atom is -0.379 e. The number of nitrogens with two attached hydrogens (primary N) is 1. The van der Waals surface area contributed by atoms with Gasteiger partial charge >= 0.3 is 0 Å². The van der Waals surface area contributed by atoms with Gasteiger partial charge in [-0.25, -0.2) is 23.1 Å². The molecule has 3 aromatic rings. The van der Waals surface area contributed by atoms with Crippen molar-refractivity contribution in [2.24, 2.45) is 16.6 Å². The molecule has 0 bridgehead atoms. The average Bonchev–Trinajstić information content (AvgIpc) is 3.55. The van der Waals surface area contributed by atoms with Crippen molar-refractivity contribution in [1.82, 2.24) is 9.97 Å². The third-order valence-corrected chi connectivity index (χ3v) is 6.77. The number of aliphatic imine (C=N–C) groups is 1. The highest BCUT2D eigenvalue weighted by molar-refractivity contribution is 8.14. The highest BCUT2D eigenvalue weighted by Crippen LogP contribution is 2.58. The maximum Gasteiger partial charge on any atom is 0.164 e. The number of anilines is 2. The molecule has 0 spiro atoms. The van der Waals surface area contributed by atoms with E-state index in [0.717, 1.165) is 6.07 Å². The number of nitrogens with one attached hydrogen (secondary N) is 1. The molecule has 0 saturated heterocycles. The Morgan fingerprint density at radius 3 is 2.90 bits per heavy atom. The van der Waals surface area contributed by atoms with Gasteiger partial charge in [-0.05, 0) is 24.6 Å². The summed E-state index contributed by atoms with van der Waals surface area (Å²) < 4.78 is 43.7. The van der Waals surface area contributed by atoms with Crippen molar-refractivity contribution in [3.8, 4) is 6.07 Å². The summed E-state index contributed by atoms with van der Waals surface area (Å²) in [5, 5.41) is 12.9. The lowest BCUT2D eigenvalue weighted by Gasteiger charge is -2.32. The third kappa shape index (κ3) is 3.16. The van der Waals surface area contributed by atoms with Crippen LogP contribution in [0.4, 0.5) is 24.7 Å². The summed E-state index contributed by atoms with van der Waals surface area (Å²) in [5.74, 6) is -2.22. The molecule has 31 heavy (non-hydrogen) atoms. The monoisotopic (exact) mass is 440 g/mol. The van der Waals surface area contributed by atoms with Gasteiger partial charge in [0, 0.05) is 46.3 Å². The second-order valence-electron chi connectivity index (χ2n) is 7.52. The summed E-state index contributed by atoms with van der Waals surface area (Å²) in [5.41, 5.74) is 5.14. The molecule has 10 heteroatoms. The van der Waals surface area contributed by atoms with E-state index in [9.17, 15) is 13.2 Å². The molecule has 156 valence electrons. The summed E-state index contributed by atoms with van der Waals surface area (Å²) in [6, 6.07) is 7.68. The van der Waals surface area contributed by atoms with Crippen LogP contribution in [0, 0.1) is 28.9 Å². The first-order valence-electron chi connectivity index (χ1n) is 9.44. The second kappa shape index (κ2) is 7.13. The van der Waals surface area contributed by atoms with Gasteiger partial charge in [0.05, 0.1) is 5.56 Å². The minimum absolute atomic E-state index is 0.0468. The van der Waals surface area contributed by atoms with Gasteiger partial charge in [-0.2, -0.15) is 5.26 Å². The zero-order chi connectivity index (χ0) is 21.8. The lowest BCUT2D eigenvalue weighted by atomic mass is 9.85. The number of halogens is 3. The molecule has 0 radical (unpaired) electrons. The number of aromatic nitrogens is 2. The Morgan fingerprint density at radius 1 is 1.29 bits per heavy atom. The molecule has 1 aromatic carbocycles. The third-order valence-electron chi connectivity index (χ3n) is 5.62. The fraction of sp³-hybridized carbons (Fsp3) is 0.238. The van der Waals surface area contributed by atoms with E-state index in [1.54, 1.807) is 12.1 Å². The summed E-state index contributed by atoms with van der Waals surface area (Å²) in [6.07, 6.45) is 3.54. The van der Waals surface area contributed by atoms with Crippen molar-refractivity contribution < 1.29 is 13.2 Å². The number of nitriles is 1. The maximum absolute atomic E-state index is 14.8. The molecule has 0 amide bonds. The first kappa shape index (κ1) is 19.6. The van der Waals surface area contributed by atoms with Crippen molar-refractivity contribution in [1.29, 1.82) is 5.26 Å². The fourth-order valence-corrected chi connectivity index (χ4v) is 5.27. The smallest absolute Gasteiger partial charge is 0.164 e. The molecule has 1 aliphatic heterocycles. The number of rotatable bonds is 4. The molecule has 3 N–H and O–H groups in total. The fourth-order valence-electron chi connectivity index (χ4n) is 4.05. The topological polar surface area (TPSA) is 100.0 Å². The van der Waals surface area contributed by atoms with Gasteiger partial charge in [0.25, 0.3) is 0 Å². The Hall–Kier alpha value is -3.32. The normalized spacial score (nSPS) is 24.3. The Labute approximate surface area is 179 Å². The molecule has 2 aliphatic rings. The van der Waals surface area contributed by atoms with Crippen LogP contribution in [-0.2, 0) is 5.54 Å². The molecule has 6 nitrogen and oxygen atoms in total. The number of amidine groups is 1. The summed E-state index contributed by atoms with van der Waals surface area (Å²) >= 11 is 1.34. The Balaban J connectivity index is 1.60. The lowest BCUT2D eigenvalue weighted by Crippen LogP contribution is -2.37. The van der Waals surface area contributed by atoms with Crippen molar-refractivity contribution in [3.63, 3.8) is 0 Å². The largest absolute Gasteiger partial charge is 0.379 e. The van der Waals surface area contributed by atoms with Crippen LogP contribution in [0.15, 0.2) is 41.7 Å². The van der Waals surface area contributed by atoms with Crippen LogP contribution in [0.25, 0.3) is 10.9 Å². The van der Waals surface area contributed by atoms with Gasteiger partial charge in [0.15, 0.2) is 22.6 Å². The lowest BCUT2D eigenvalue weighted by molar-refractivity contribution is 0.269. The molecule has 3 heterocycles. The molecule has 5 rings (SSSR count). The Kier molecular flexibility index (Phi) is 4.51. The molecular formula is C21H15F3N6S. The van der Waals surface area contributed by atoms with E-state index in [-0.39, 0.29) is 27.6 Å². The van der Waals surface area contributed by atoms with Crippen LogP contribution in [0.2, 0.25) is 0 Å². The SMILES string of the molecule is N#Cc1cnc2c(Nc3cc(F)c(F)c([C@@]4(CF)N=C(N)S[C@@H]5CC54)c3)nccc2c1. The quantitative estimate of drug-likeness (QED) is 0.633. The van der Waals surface area contributed by atoms with E-state index in [1.807, 2.05) is 6.07 Å². The van der Waals surface area contributed by atoms with Crippen molar-refractivity contribution in [2.75, 3.05) is 12.0 Å². The number of fused-ring (bicyclic) bond motifs is 2. The molecule has 3 atom stereocenters. The number of hydrogen-bond donors (Lipinski definition) is 2. The number of thioether (sulfide) groups is 1. The van der Waals surface area contributed by atoms with Gasteiger partial charge in [-0.3, -0.25) is 4.98 Å². The summed E-state index contributed by atoms with van der Waals surface area (Å²) in [4.78, 5) is 12.7. The van der Waals surface area contributed by atoms with Crippen LogP contribution in [0.3, 0.4) is 0 Å². The van der Waals surface area contributed by atoms with E-state index in [1.165, 1.54) is 30.2 Å². The second-order valence-corrected chi connectivity index (χ2v) is 8.78. The zero-order valence-corrected chi connectivity index (χ0v) is 16.8. The van der Waals surface area contributed by atoms with Crippen molar-refractivity contribution >= 4 is 39.3 Å². The standard InChI is InChI=1S/C21H15F3N6S/c22-9-21(13-6-16(13)31-20(26)30-21)14-4-12(5-15(23)17(14)24)29-19-18-11(1-2-27-19)3-10(7-25)8-28-18/h1-5,8,13,16H,6,9H2,(H2,26,30)(H,27,29)/t13?,16-,21+/m1/s1. The zero-order valence-electron chi connectivity index (χ0n) is 15.9. The first-order chi connectivity index (χ1) is 14.9. The van der Waals surface area contributed by atoms with Crippen molar-refractivity contribution in [3.05, 3.63) is 59.4 Å².